The zero-order valence-electron chi connectivity index (χ0n) is 9.64. The molecular formula is C15H16N2. The third-order valence-corrected chi connectivity index (χ3v) is 3.44. The average molecular weight is 224 g/mol. The largest absolute Gasteiger partial charge is 0.322 e. The van der Waals surface area contributed by atoms with Crippen molar-refractivity contribution in [3.8, 4) is 0 Å². The van der Waals surface area contributed by atoms with E-state index in [0.717, 1.165) is 6.54 Å². The van der Waals surface area contributed by atoms with Crippen molar-refractivity contribution < 1.29 is 0 Å². The van der Waals surface area contributed by atoms with Crippen LogP contribution in [0.15, 0.2) is 54.6 Å². The Kier molecular flexibility index (Phi) is 2.67. The highest BCUT2D eigenvalue weighted by molar-refractivity contribution is 5.36. The van der Waals surface area contributed by atoms with Crippen LogP contribution in [0.25, 0.3) is 0 Å². The Labute approximate surface area is 101 Å². The van der Waals surface area contributed by atoms with E-state index in [-0.39, 0.29) is 12.1 Å². The van der Waals surface area contributed by atoms with E-state index in [1.807, 2.05) is 6.07 Å². The second-order valence-electron chi connectivity index (χ2n) is 4.49. The van der Waals surface area contributed by atoms with Gasteiger partial charge in [-0.3, -0.25) is 0 Å². The molecule has 86 valence electrons. The Bertz CT molecular complexity index is 507. The molecule has 2 aromatic carbocycles. The van der Waals surface area contributed by atoms with Gasteiger partial charge in [0.2, 0.25) is 0 Å². The van der Waals surface area contributed by atoms with Crippen molar-refractivity contribution in [2.75, 3.05) is 0 Å². The quantitative estimate of drug-likeness (QED) is 0.781. The first-order chi connectivity index (χ1) is 8.36. The van der Waals surface area contributed by atoms with Gasteiger partial charge >= 0.3 is 0 Å². The first-order valence-corrected chi connectivity index (χ1v) is 5.98. The summed E-state index contributed by atoms with van der Waals surface area (Å²) in [6, 6.07) is 19.1. The van der Waals surface area contributed by atoms with Crippen LogP contribution < -0.4 is 11.1 Å². The fraction of sp³-hybridized carbons (Fsp3) is 0.200. The van der Waals surface area contributed by atoms with Crippen LogP contribution in [-0.2, 0) is 6.54 Å². The summed E-state index contributed by atoms with van der Waals surface area (Å²) in [6.07, 6.45) is 0. The molecule has 0 spiro atoms. The molecule has 0 saturated carbocycles. The highest BCUT2D eigenvalue weighted by Crippen LogP contribution is 2.32. The molecule has 1 aliphatic heterocycles. The van der Waals surface area contributed by atoms with Crippen molar-refractivity contribution in [3.63, 3.8) is 0 Å². The van der Waals surface area contributed by atoms with E-state index in [0.29, 0.717) is 0 Å². The average Bonchev–Trinajstić information content (AvgIpc) is 2.40. The lowest BCUT2D eigenvalue weighted by Gasteiger charge is -2.32. The van der Waals surface area contributed by atoms with Gasteiger partial charge in [0.25, 0.3) is 0 Å². The molecule has 0 aromatic heterocycles. The van der Waals surface area contributed by atoms with Crippen LogP contribution in [-0.4, -0.2) is 0 Å². The number of nitrogens with two attached hydrogens (primary N) is 1. The molecule has 0 saturated heterocycles. The molecule has 1 heterocycles. The van der Waals surface area contributed by atoms with Crippen molar-refractivity contribution in [1.82, 2.24) is 5.32 Å². The molecule has 0 aliphatic carbocycles. The Morgan fingerprint density at radius 1 is 0.941 bits per heavy atom. The Morgan fingerprint density at radius 3 is 2.47 bits per heavy atom. The maximum absolute atomic E-state index is 6.36. The van der Waals surface area contributed by atoms with Crippen LogP contribution in [0.5, 0.6) is 0 Å². The molecule has 2 atom stereocenters. The van der Waals surface area contributed by atoms with E-state index in [1.54, 1.807) is 0 Å². The zero-order valence-corrected chi connectivity index (χ0v) is 9.64. The van der Waals surface area contributed by atoms with Gasteiger partial charge in [-0.2, -0.15) is 0 Å². The maximum atomic E-state index is 6.36. The first kappa shape index (κ1) is 10.5. The highest BCUT2D eigenvalue weighted by atomic mass is 15.0. The molecule has 2 nitrogen and oxygen atoms in total. The Balaban J connectivity index is 1.97. The molecular weight excluding hydrogens is 208 g/mol. The van der Waals surface area contributed by atoms with Gasteiger partial charge in [0.05, 0.1) is 6.04 Å². The number of rotatable bonds is 1. The lowest BCUT2D eigenvalue weighted by Crippen LogP contribution is -2.36. The minimum absolute atomic E-state index is 0.0300. The Morgan fingerprint density at radius 2 is 1.65 bits per heavy atom. The monoisotopic (exact) mass is 224 g/mol. The summed E-state index contributed by atoms with van der Waals surface area (Å²) in [5.74, 6) is 0. The van der Waals surface area contributed by atoms with E-state index in [4.69, 9.17) is 5.73 Å². The van der Waals surface area contributed by atoms with Crippen LogP contribution in [0.2, 0.25) is 0 Å². The topological polar surface area (TPSA) is 38.0 Å². The van der Waals surface area contributed by atoms with Gasteiger partial charge < -0.3 is 11.1 Å². The minimum Gasteiger partial charge on any atom is -0.322 e. The number of fused-ring (bicyclic) bond motifs is 1. The molecule has 0 amide bonds. The summed E-state index contributed by atoms with van der Waals surface area (Å²) < 4.78 is 0. The fourth-order valence-corrected chi connectivity index (χ4v) is 2.53. The van der Waals surface area contributed by atoms with E-state index < -0.39 is 0 Å². The summed E-state index contributed by atoms with van der Waals surface area (Å²) in [4.78, 5) is 0. The lowest BCUT2D eigenvalue weighted by atomic mass is 9.88. The van der Waals surface area contributed by atoms with Crippen molar-refractivity contribution in [3.05, 3.63) is 71.3 Å². The van der Waals surface area contributed by atoms with E-state index >= 15 is 0 Å². The van der Waals surface area contributed by atoms with Crippen LogP contribution in [0.4, 0.5) is 0 Å². The Hall–Kier alpha value is -1.64. The van der Waals surface area contributed by atoms with Gasteiger partial charge in [-0.15, -0.1) is 0 Å². The van der Waals surface area contributed by atoms with E-state index in [2.05, 4.69) is 53.8 Å². The third-order valence-electron chi connectivity index (χ3n) is 3.44. The molecule has 17 heavy (non-hydrogen) atoms. The SMILES string of the molecule is NC1c2ccccc2CNC1c1ccccc1. The molecule has 3 N–H and O–H groups in total. The molecule has 3 rings (SSSR count). The van der Waals surface area contributed by atoms with E-state index in [9.17, 15) is 0 Å². The molecule has 2 unspecified atom stereocenters. The van der Waals surface area contributed by atoms with Crippen molar-refractivity contribution in [2.45, 2.75) is 18.6 Å². The zero-order chi connectivity index (χ0) is 11.7. The summed E-state index contributed by atoms with van der Waals surface area (Å²) in [6.45, 7) is 0.892. The number of hydrogen-bond acceptors (Lipinski definition) is 2. The molecule has 0 bridgehead atoms. The molecule has 2 aromatic rings. The van der Waals surface area contributed by atoms with Gasteiger partial charge in [-0.1, -0.05) is 54.6 Å². The van der Waals surface area contributed by atoms with Gasteiger partial charge in [-0.25, -0.2) is 0 Å². The van der Waals surface area contributed by atoms with Gasteiger partial charge in [0, 0.05) is 12.6 Å². The first-order valence-electron chi connectivity index (χ1n) is 5.98. The predicted octanol–water partition coefficient (Wildman–Crippen LogP) is 2.53. The van der Waals surface area contributed by atoms with Crippen molar-refractivity contribution in [1.29, 1.82) is 0 Å². The standard InChI is InChI=1S/C15H16N2/c16-14-13-9-5-4-8-12(13)10-17-15(14)11-6-2-1-3-7-11/h1-9,14-15,17H,10,16H2. The van der Waals surface area contributed by atoms with Gasteiger partial charge in [0.1, 0.15) is 0 Å². The summed E-state index contributed by atoms with van der Waals surface area (Å²) >= 11 is 0. The summed E-state index contributed by atoms with van der Waals surface area (Å²) in [5, 5.41) is 3.52. The number of nitrogens with one attached hydrogen (secondary N) is 1. The number of hydrogen-bond donors (Lipinski definition) is 2. The molecule has 0 radical (unpaired) electrons. The highest BCUT2D eigenvalue weighted by Gasteiger charge is 2.26. The fourth-order valence-electron chi connectivity index (χ4n) is 2.53. The molecule has 0 fully saturated rings. The minimum atomic E-state index is 0.0300. The van der Waals surface area contributed by atoms with Crippen LogP contribution in [0.3, 0.4) is 0 Å². The van der Waals surface area contributed by atoms with Crippen molar-refractivity contribution >= 4 is 0 Å². The number of benzene rings is 2. The summed E-state index contributed by atoms with van der Waals surface area (Å²) in [7, 11) is 0. The maximum Gasteiger partial charge on any atom is 0.0518 e. The second-order valence-corrected chi connectivity index (χ2v) is 4.49. The van der Waals surface area contributed by atoms with Gasteiger partial charge in [0.15, 0.2) is 0 Å². The summed E-state index contributed by atoms with van der Waals surface area (Å²) in [5.41, 5.74) is 10.2. The van der Waals surface area contributed by atoms with Crippen LogP contribution >= 0.6 is 0 Å². The molecule has 2 heteroatoms. The second kappa shape index (κ2) is 4.32. The van der Waals surface area contributed by atoms with Crippen molar-refractivity contribution in [2.24, 2.45) is 5.73 Å². The smallest absolute Gasteiger partial charge is 0.0518 e. The van der Waals surface area contributed by atoms with Crippen LogP contribution in [0, 0.1) is 0 Å². The lowest BCUT2D eigenvalue weighted by molar-refractivity contribution is 0.421. The van der Waals surface area contributed by atoms with E-state index in [1.165, 1.54) is 16.7 Å². The predicted molar refractivity (Wildman–Crippen MR) is 69.4 cm³/mol. The third kappa shape index (κ3) is 1.86. The molecule has 1 aliphatic rings. The van der Waals surface area contributed by atoms with Crippen LogP contribution in [0.1, 0.15) is 28.8 Å². The normalized spacial score (nSPS) is 23.1. The van der Waals surface area contributed by atoms with Gasteiger partial charge in [-0.05, 0) is 16.7 Å².